The predicted molar refractivity (Wildman–Crippen MR) is 33.9 cm³/mol. The second-order valence-electron chi connectivity index (χ2n) is 1.13. The van der Waals surface area contributed by atoms with Crippen LogP contribution in [0.1, 0.15) is 0 Å². The minimum Gasteiger partial charge on any atom is -0.306 e. The summed E-state index contributed by atoms with van der Waals surface area (Å²) < 4.78 is 18.1. The highest BCUT2D eigenvalue weighted by Crippen LogP contribution is 1.73. The Kier molecular flexibility index (Phi) is 4.75. The molecule has 0 heterocycles. The summed E-state index contributed by atoms with van der Waals surface area (Å²) in [5.74, 6) is 0.0260. The van der Waals surface area contributed by atoms with Gasteiger partial charge in [0.05, 0.1) is 17.9 Å². The van der Waals surface area contributed by atoms with E-state index in [1.54, 1.807) is 6.07 Å². The van der Waals surface area contributed by atoms with Crippen LogP contribution in [0.15, 0.2) is 17.9 Å². The molecule has 0 aliphatic carbocycles. The van der Waals surface area contributed by atoms with Gasteiger partial charge in [0.25, 0.3) is 0 Å². The van der Waals surface area contributed by atoms with Gasteiger partial charge in [0.1, 0.15) is 0 Å². The Bertz CT molecular complexity index is 197. The van der Waals surface area contributed by atoms with Gasteiger partial charge in [-0.3, -0.25) is 0 Å². The molecule has 0 radical (unpaired) electrons. The lowest BCUT2D eigenvalue weighted by molar-refractivity contribution is 0.567. The second kappa shape index (κ2) is 5.26. The monoisotopic (exact) mass is 143 g/mol. The smallest absolute Gasteiger partial charge is 0.157 e. The van der Waals surface area contributed by atoms with E-state index in [4.69, 9.17) is 9.81 Å². The van der Waals surface area contributed by atoms with Gasteiger partial charge in [0.2, 0.25) is 0 Å². The summed E-state index contributed by atoms with van der Waals surface area (Å²) in [4.78, 5) is 0. The standard InChI is InChI=1S/C5H5NO2S/c6-4-2-1-3-5-9(7)8/h2-3H,5H2,(H,7,8). The van der Waals surface area contributed by atoms with E-state index in [1.165, 1.54) is 6.08 Å². The molecule has 0 spiro atoms. The maximum Gasteiger partial charge on any atom is 0.157 e. The van der Waals surface area contributed by atoms with Gasteiger partial charge in [0, 0.05) is 0 Å². The third-order valence-electron chi connectivity index (χ3n) is 0.492. The van der Waals surface area contributed by atoms with Crippen LogP contribution in [0.3, 0.4) is 0 Å². The quantitative estimate of drug-likeness (QED) is 0.346. The fourth-order valence-electron chi connectivity index (χ4n) is 0.216. The van der Waals surface area contributed by atoms with E-state index in [0.29, 0.717) is 0 Å². The molecule has 1 unspecified atom stereocenters. The fraction of sp³-hybridized carbons (Fsp3) is 0.200. The third-order valence-corrected chi connectivity index (χ3v) is 0.943. The van der Waals surface area contributed by atoms with Gasteiger partial charge < -0.3 is 4.55 Å². The Morgan fingerprint density at radius 3 is 2.89 bits per heavy atom. The molecular formula is C5H5NO2S. The van der Waals surface area contributed by atoms with E-state index in [2.05, 4.69) is 5.73 Å². The van der Waals surface area contributed by atoms with Gasteiger partial charge in [-0.1, -0.05) is 0 Å². The van der Waals surface area contributed by atoms with Crippen molar-refractivity contribution in [3.8, 4) is 6.07 Å². The van der Waals surface area contributed by atoms with Crippen molar-refractivity contribution >= 4 is 11.1 Å². The van der Waals surface area contributed by atoms with Gasteiger partial charge in [-0.2, -0.15) is 5.26 Å². The Morgan fingerprint density at radius 2 is 2.44 bits per heavy atom. The largest absolute Gasteiger partial charge is 0.306 e. The maximum absolute atomic E-state index is 9.91. The van der Waals surface area contributed by atoms with Gasteiger partial charge in [-0.15, -0.1) is 5.73 Å². The number of nitrogens with zero attached hydrogens (tertiary/aromatic N) is 1. The van der Waals surface area contributed by atoms with Crippen molar-refractivity contribution in [3.63, 3.8) is 0 Å². The lowest BCUT2D eigenvalue weighted by Gasteiger charge is -1.77. The summed E-state index contributed by atoms with van der Waals surface area (Å²) >= 11 is -1.82. The molecule has 0 aromatic heterocycles. The number of hydrogen-bond donors (Lipinski definition) is 1. The Hall–Kier alpha value is -0.880. The molecular weight excluding hydrogens is 138 g/mol. The summed E-state index contributed by atoms with van der Waals surface area (Å²) in [6.07, 6.45) is 2.45. The molecule has 0 fully saturated rings. The van der Waals surface area contributed by atoms with Gasteiger partial charge in [0.15, 0.2) is 11.1 Å². The number of rotatable bonds is 2. The first-order chi connectivity index (χ1) is 4.27. The normalized spacial score (nSPS) is 10.7. The minimum absolute atomic E-state index is 0.0260. The van der Waals surface area contributed by atoms with E-state index in [-0.39, 0.29) is 5.75 Å². The van der Waals surface area contributed by atoms with Gasteiger partial charge in [-0.05, 0) is 6.08 Å². The van der Waals surface area contributed by atoms with Crippen LogP contribution in [0.25, 0.3) is 0 Å². The summed E-state index contributed by atoms with van der Waals surface area (Å²) in [6.45, 7) is 0. The van der Waals surface area contributed by atoms with Crippen molar-refractivity contribution in [2.75, 3.05) is 5.75 Å². The van der Waals surface area contributed by atoms with Crippen LogP contribution >= 0.6 is 0 Å². The Morgan fingerprint density at radius 1 is 1.78 bits per heavy atom. The maximum atomic E-state index is 9.91. The molecule has 4 heteroatoms. The van der Waals surface area contributed by atoms with Crippen molar-refractivity contribution in [1.29, 1.82) is 5.26 Å². The zero-order chi connectivity index (χ0) is 7.11. The van der Waals surface area contributed by atoms with Crippen molar-refractivity contribution in [1.82, 2.24) is 0 Å². The molecule has 0 aliphatic heterocycles. The van der Waals surface area contributed by atoms with Crippen molar-refractivity contribution in [2.24, 2.45) is 0 Å². The predicted octanol–water partition coefficient (Wildman–Crippen LogP) is 0.443. The number of nitriles is 1. The molecule has 3 nitrogen and oxygen atoms in total. The first-order valence-electron chi connectivity index (χ1n) is 2.14. The SMILES string of the molecule is N#CC=C=CCS(=O)O. The van der Waals surface area contributed by atoms with Crippen molar-refractivity contribution < 1.29 is 8.76 Å². The fourth-order valence-corrected chi connectivity index (χ4v) is 0.454. The zero-order valence-electron chi connectivity index (χ0n) is 4.57. The molecule has 0 aliphatic rings. The molecule has 1 N–H and O–H groups in total. The van der Waals surface area contributed by atoms with Crippen molar-refractivity contribution in [2.45, 2.75) is 0 Å². The van der Waals surface area contributed by atoms with E-state index in [1.807, 2.05) is 0 Å². The summed E-state index contributed by atoms with van der Waals surface area (Å²) in [7, 11) is 0. The highest BCUT2D eigenvalue weighted by Gasteiger charge is 1.81. The minimum atomic E-state index is -1.82. The molecule has 48 valence electrons. The van der Waals surface area contributed by atoms with Crippen LogP contribution < -0.4 is 0 Å². The average molecular weight is 143 g/mol. The molecule has 0 saturated carbocycles. The molecule has 0 rings (SSSR count). The van der Waals surface area contributed by atoms with Crippen molar-refractivity contribution in [3.05, 3.63) is 17.9 Å². The molecule has 0 aromatic rings. The topological polar surface area (TPSA) is 61.1 Å². The van der Waals surface area contributed by atoms with Crippen LogP contribution in [0.4, 0.5) is 0 Å². The summed E-state index contributed by atoms with van der Waals surface area (Å²) in [5.41, 5.74) is 2.40. The van der Waals surface area contributed by atoms with Gasteiger partial charge >= 0.3 is 0 Å². The van der Waals surface area contributed by atoms with E-state index in [9.17, 15) is 4.21 Å². The van der Waals surface area contributed by atoms with Gasteiger partial charge in [-0.25, -0.2) is 4.21 Å². The van der Waals surface area contributed by atoms with Crippen LogP contribution in [-0.2, 0) is 11.1 Å². The Balaban J connectivity index is 3.64. The average Bonchev–Trinajstić information content (AvgIpc) is 1.80. The highest BCUT2D eigenvalue weighted by molar-refractivity contribution is 7.79. The highest BCUT2D eigenvalue weighted by atomic mass is 32.2. The molecule has 9 heavy (non-hydrogen) atoms. The van der Waals surface area contributed by atoms with Crippen LogP contribution in [0.2, 0.25) is 0 Å². The van der Waals surface area contributed by atoms with E-state index in [0.717, 1.165) is 6.08 Å². The molecule has 0 saturated heterocycles. The summed E-state index contributed by atoms with van der Waals surface area (Å²) in [5, 5.41) is 7.91. The summed E-state index contributed by atoms with van der Waals surface area (Å²) in [6, 6.07) is 1.69. The molecule has 0 bridgehead atoms. The van der Waals surface area contributed by atoms with Crippen LogP contribution in [-0.4, -0.2) is 14.5 Å². The van der Waals surface area contributed by atoms with E-state index < -0.39 is 11.1 Å². The van der Waals surface area contributed by atoms with Crippen LogP contribution in [0.5, 0.6) is 0 Å². The molecule has 0 amide bonds. The Labute approximate surface area is 55.6 Å². The second-order valence-corrected chi connectivity index (χ2v) is 2.11. The first kappa shape index (κ1) is 8.12. The lowest BCUT2D eigenvalue weighted by Crippen LogP contribution is -1.87. The number of hydrogen-bond acceptors (Lipinski definition) is 2. The van der Waals surface area contributed by atoms with E-state index >= 15 is 0 Å². The zero-order valence-corrected chi connectivity index (χ0v) is 5.39. The third kappa shape index (κ3) is 7.12. The van der Waals surface area contributed by atoms with Crippen LogP contribution in [0, 0.1) is 11.3 Å². The molecule has 0 aromatic carbocycles. The molecule has 1 atom stereocenters. The lowest BCUT2D eigenvalue weighted by atomic mass is 10.6. The first-order valence-corrected chi connectivity index (χ1v) is 3.41.